The second-order valence-corrected chi connectivity index (χ2v) is 6.46. The first-order chi connectivity index (χ1) is 9.40. The van der Waals surface area contributed by atoms with E-state index in [1.807, 2.05) is 29.2 Å². The lowest BCUT2D eigenvalue weighted by Crippen LogP contribution is -2.33. The van der Waals surface area contributed by atoms with Gasteiger partial charge >= 0.3 is 0 Å². The molecule has 1 heterocycles. The zero-order valence-electron chi connectivity index (χ0n) is 12.8. The van der Waals surface area contributed by atoms with Gasteiger partial charge in [0.25, 0.3) is 0 Å². The number of carbonyl (C=O) groups is 1. The number of carbonyl (C=O) groups excluding carboxylic acids is 1. The molecule has 4 nitrogen and oxygen atoms in total. The van der Waals surface area contributed by atoms with Crippen LogP contribution in [-0.2, 0) is 4.79 Å². The second kappa shape index (κ2) is 5.83. The van der Waals surface area contributed by atoms with Crippen molar-refractivity contribution in [3.05, 3.63) is 29.8 Å². The summed E-state index contributed by atoms with van der Waals surface area (Å²) in [6, 6.07) is 7.89. The van der Waals surface area contributed by atoms with E-state index in [0.717, 1.165) is 24.3 Å². The highest BCUT2D eigenvalue weighted by Crippen LogP contribution is 2.28. The maximum atomic E-state index is 12.1. The smallest absolute Gasteiger partial charge is 0.238 e. The Balaban J connectivity index is 2.14. The molecule has 4 heteroatoms. The maximum Gasteiger partial charge on any atom is 0.238 e. The van der Waals surface area contributed by atoms with Gasteiger partial charge in [0.05, 0.1) is 13.7 Å². The summed E-state index contributed by atoms with van der Waals surface area (Å²) in [7, 11) is 1.66. The molecular weight excluding hydrogens is 252 g/mol. The summed E-state index contributed by atoms with van der Waals surface area (Å²) < 4.78 is 5.26. The minimum Gasteiger partial charge on any atom is -0.497 e. The number of amides is 1. The maximum absolute atomic E-state index is 12.1. The van der Waals surface area contributed by atoms with Gasteiger partial charge in [0.2, 0.25) is 5.91 Å². The van der Waals surface area contributed by atoms with Crippen LogP contribution in [0.4, 0.5) is 0 Å². The van der Waals surface area contributed by atoms with E-state index in [9.17, 15) is 4.79 Å². The van der Waals surface area contributed by atoms with Gasteiger partial charge in [-0.25, -0.2) is 0 Å². The molecule has 0 aliphatic carbocycles. The molecule has 0 spiro atoms. The van der Waals surface area contributed by atoms with E-state index < -0.39 is 0 Å². The monoisotopic (exact) mass is 276 g/mol. The van der Waals surface area contributed by atoms with E-state index in [4.69, 9.17) is 4.74 Å². The SMILES string of the molecule is COc1cccc(C2NCC(=O)N2CCC(C)(C)C)c1. The van der Waals surface area contributed by atoms with Gasteiger partial charge in [0, 0.05) is 6.54 Å². The highest BCUT2D eigenvalue weighted by atomic mass is 16.5. The predicted octanol–water partition coefficient (Wildman–Crippen LogP) is 2.56. The summed E-state index contributed by atoms with van der Waals surface area (Å²) in [4.78, 5) is 14.0. The van der Waals surface area contributed by atoms with E-state index in [2.05, 4.69) is 26.1 Å². The Morgan fingerprint density at radius 2 is 2.15 bits per heavy atom. The number of methoxy groups -OCH3 is 1. The van der Waals surface area contributed by atoms with Gasteiger partial charge in [0.1, 0.15) is 11.9 Å². The molecule has 1 saturated heterocycles. The number of rotatable bonds is 4. The van der Waals surface area contributed by atoms with Crippen molar-refractivity contribution >= 4 is 5.91 Å². The molecule has 0 aromatic heterocycles. The molecule has 1 amide bonds. The highest BCUT2D eigenvalue weighted by Gasteiger charge is 2.32. The molecule has 1 atom stereocenters. The highest BCUT2D eigenvalue weighted by molar-refractivity contribution is 5.81. The van der Waals surface area contributed by atoms with Crippen molar-refractivity contribution in [2.75, 3.05) is 20.2 Å². The second-order valence-electron chi connectivity index (χ2n) is 6.46. The molecule has 1 aliphatic heterocycles. The number of nitrogens with one attached hydrogen (secondary N) is 1. The Kier molecular flexibility index (Phi) is 4.33. The quantitative estimate of drug-likeness (QED) is 0.919. The third-order valence-electron chi connectivity index (χ3n) is 3.59. The first kappa shape index (κ1) is 14.9. The fourth-order valence-corrected chi connectivity index (χ4v) is 2.36. The minimum atomic E-state index is -0.0417. The molecule has 1 aromatic carbocycles. The van der Waals surface area contributed by atoms with Crippen LogP contribution in [0.25, 0.3) is 0 Å². The van der Waals surface area contributed by atoms with E-state index in [-0.39, 0.29) is 17.5 Å². The van der Waals surface area contributed by atoms with Gasteiger partial charge in [-0.3, -0.25) is 10.1 Å². The third kappa shape index (κ3) is 3.51. The van der Waals surface area contributed by atoms with Crippen LogP contribution in [0.2, 0.25) is 0 Å². The number of benzene rings is 1. The van der Waals surface area contributed by atoms with Crippen molar-refractivity contribution in [3.63, 3.8) is 0 Å². The Morgan fingerprint density at radius 3 is 2.80 bits per heavy atom. The average Bonchev–Trinajstić information content (AvgIpc) is 2.77. The molecule has 1 N–H and O–H groups in total. The zero-order valence-corrected chi connectivity index (χ0v) is 12.8. The van der Waals surface area contributed by atoms with Crippen molar-refractivity contribution in [3.8, 4) is 5.75 Å². The van der Waals surface area contributed by atoms with Gasteiger partial charge < -0.3 is 9.64 Å². The fraction of sp³-hybridized carbons (Fsp3) is 0.562. The first-order valence-corrected chi connectivity index (χ1v) is 7.07. The van der Waals surface area contributed by atoms with E-state index >= 15 is 0 Å². The number of hydrogen-bond donors (Lipinski definition) is 1. The summed E-state index contributed by atoms with van der Waals surface area (Å²) in [5, 5.41) is 3.28. The van der Waals surface area contributed by atoms with Crippen LogP contribution in [0.1, 0.15) is 38.9 Å². The van der Waals surface area contributed by atoms with Crippen molar-refractivity contribution in [2.24, 2.45) is 5.41 Å². The van der Waals surface area contributed by atoms with Crippen LogP contribution >= 0.6 is 0 Å². The molecule has 0 bridgehead atoms. The zero-order chi connectivity index (χ0) is 14.8. The van der Waals surface area contributed by atoms with Gasteiger partial charge in [-0.05, 0) is 29.5 Å². The average molecular weight is 276 g/mol. The standard InChI is InChI=1S/C16H24N2O2/c1-16(2,3)8-9-18-14(19)11-17-15(18)12-6-5-7-13(10-12)20-4/h5-7,10,15,17H,8-9,11H2,1-4H3. The topological polar surface area (TPSA) is 41.6 Å². The Bertz CT molecular complexity index is 480. The lowest BCUT2D eigenvalue weighted by molar-refractivity contribution is -0.128. The summed E-state index contributed by atoms with van der Waals surface area (Å²) in [5.74, 6) is 0.987. The number of nitrogens with zero attached hydrogens (tertiary/aromatic N) is 1. The Morgan fingerprint density at radius 1 is 1.40 bits per heavy atom. The Labute approximate surface area is 121 Å². The third-order valence-corrected chi connectivity index (χ3v) is 3.59. The molecule has 1 aromatic rings. The summed E-state index contributed by atoms with van der Waals surface area (Å²) >= 11 is 0. The van der Waals surface area contributed by atoms with E-state index in [1.54, 1.807) is 7.11 Å². The van der Waals surface area contributed by atoms with Crippen LogP contribution in [0.3, 0.4) is 0 Å². The van der Waals surface area contributed by atoms with Crippen molar-refractivity contribution in [2.45, 2.75) is 33.4 Å². The molecule has 0 radical (unpaired) electrons. The van der Waals surface area contributed by atoms with Crippen LogP contribution in [0.15, 0.2) is 24.3 Å². The van der Waals surface area contributed by atoms with Crippen LogP contribution in [0, 0.1) is 5.41 Å². The molecule has 20 heavy (non-hydrogen) atoms. The molecule has 1 aliphatic rings. The van der Waals surface area contributed by atoms with Crippen LogP contribution < -0.4 is 10.1 Å². The summed E-state index contributed by atoms with van der Waals surface area (Å²) in [6.45, 7) is 7.77. The number of hydrogen-bond acceptors (Lipinski definition) is 3. The van der Waals surface area contributed by atoms with E-state index in [0.29, 0.717) is 6.54 Å². The van der Waals surface area contributed by atoms with E-state index in [1.165, 1.54) is 0 Å². The molecule has 0 saturated carbocycles. The summed E-state index contributed by atoms with van der Waals surface area (Å²) in [6.07, 6.45) is 0.945. The van der Waals surface area contributed by atoms with Crippen molar-refractivity contribution in [1.82, 2.24) is 10.2 Å². The first-order valence-electron chi connectivity index (χ1n) is 7.07. The minimum absolute atomic E-state index is 0.0417. The van der Waals surface area contributed by atoms with Gasteiger partial charge in [-0.15, -0.1) is 0 Å². The predicted molar refractivity (Wildman–Crippen MR) is 79.5 cm³/mol. The lowest BCUT2D eigenvalue weighted by Gasteiger charge is -2.28. The lowest BCUT2D eigenvalue weighted by atomic mass is 9.92. The molecule has 110 valence electrons. The van der Waals surface area contributed by atoms with Crippen molar-refractivity contribution < 1.29 is 9.53 Å². The normalized spacial score (nSPS) is 19.5. The molecule has 2 rings (SSSR count). The summed E-state index contributed by atoms with van der Waals surface area (Å²) in [5.41, 5.74) is 1.30. The molecular formula is C16H24N2O2. The van der Waals surface area contributed by atoms with Crippen LogP contribution in [0.5, 0.6) is 5.75 Å². The van der Waals surface area contributed by atoms with Gasteiger partial charge in [-0.2, -0.15) is 0 Å². The van der Waals surface area contributed by atoms with Gasteiger partial charge in [0.15, 0.2) is 0 Å². The van der Waals surface area contributed by atoms with Gasteiger partial charge in [-0.1, -0.05) is 32.9 Å². The molecule has 1 unspecified atom stereocenters. The Hall–Kier alpha value is -1.55. The number of ether oxygens (including phenoxy) is 1. The molecule has 1 fully saturated rings. The largest absolute Gasteiger partial charge is 0.497 e. The van der Waals surface area contributed by atoms with Crippen molar-refractivity contribution in [1.29, 1.82) is 0 Å². The fourth-order valence-electron chi connectivity index (χ4n) is 2.36. The van der Waals surface area contributed by atoms with Crippen LogP contribution in [-0.4, -0.2) is 31.0 Å².